The maximum atomic E-state index is 11.3. The van der Waals surface area contributed by atoms with Crippen molar-refractivity contribution in [2.75, 3.05) is 6.61 Å². The third-order valence-corrected chi connectivity index (χ3v) is 1.97. The molecule has 2 nitrogen and oxygen atoms in total. The Morgan fingerprint density at radius 2 is 1.92 bits per heavy atom. The zero-order chi connectivity index (χ0) is 10.3. The monoisotopic (exact) mass is 186 g/mol. The zero-order valence-corrected chi connectivity index (χ0v) is 9.30. The second-order valence-corrected chi connectivity index (χ2v) is 4.05. The van der Waals surface area contributed by atoms with Gasteiger partial charge < -0.3 is 4.74 Å². The van der Waals surface area contributed by atoms with Crippen molar-refractivity contribution in [3.05, 3.63) is 0 Å². The quantitative estimate of drug-likeness (QED) is 0.471. The molecule has 78 valence electrons. The van der Waals surface area contributed by atoms with Gasteiger partial charge in [-0.3, -0.25) is 4.79 Å². The summed E-state index contributed by atoms with van der Waals surface area (Å²) in [6.45, 7) is 8.85. The average Bonchev–Trinajstić information content (AvgIpc) is 2.03. The average molecular weight is 186 g/mol. The summed E-state index contributed by atoms with van der Waals surface area (Å²) in [6.07, 6.45) is 2.97. The molecule has 0 saturated carbocycles. The molecule has 0 amide bonds. The fraction of sp³-hybridized carbons (Fsp3) is 0.909. The molecule has 0 aromatic carbocycles. The fourth-order valence-corrected chi connectivity index (χ4v) is 1.26. The number of unbranched alkanes of at least 4 members (excludes halogenated alkanes) is 1. The number of hydrogen-bond donors (Lipinski definition) is 0. The smallest absolute Gasteiger partial charge is 0.308 e. The lowest BCUT2D eigenvalue weighted by molar-refractivity contribution is -0.148. The maximum Gasteiger partial charge on any atom is 0.308 e. The molecule has 2 heteroatoms. The highest BCUT2D eigenvalue weighted by molar-refractivity contribution is 5.71. The number of hydrogen-bond acceptors (Lipinski definition) is 2. The summed E-state index contributed by atoms with van der Waals surface area (Å²) < 4.78 is 5.11. The molecule has 0 aliphatic rings. The van der Waals surface area contributed by atoms with Crippen LogP contribution in [0.5, 0.6) is 0 Å². The van der Waals surface area contributed by atoms with Gasteiger partial charge in [0.25, 0.3) is 0 Å². The van der Waals surface area contributed by atoms with Crippen LogP contribution in [0.15, 0.2) is 0 Å². The molecular formula is C11H22O2. The molecule has 0 rings (SSSR count). The van der Waals surface area contributed by atoms with E-state index in [0.717, 1.165) is 19.3 Å². The van der Waals surface area contributed by atoms with Gasteiger partial charge in [-0.2, -0.15) is 0 Å². The SMILES string of the molecule is CCCCOC(=O)[C@@H](C)CC(C)C. The molecule has 0 saturated heterocycles. The van der Waals surface area contributed by atoms with Gasteiger partial charge >= 0.3 is 5.97 Å². The molecular weight excluding hydrogens is 164 g/mol. The Morgan fingerprint density at radius 1 is 1.31 bits per heavy atom. The van der Waals surface area contributed by atoms with Gasteiger partial charge in [-0.25, -0.2) is 0 Å². The highest BCUT2D eigenvalue weighted by Gasteiger charge is 2.15. The Hall–Kier alpha value is -0.530. The summed E-state index contributed by atoms with van der Waals surface area (Å²) in [5.74, 6) is 0.577. The van der Waals surface area contributed by atoms with Gasteiger partial charge in [-0.05, 0) is 18.8 Å². The molecule has 0 aliphatic heterocycles. The van der Waals surface area contributed by atoms with Crippen molar-refractivity contribution in [2.24, 2.45) is 11.8 Å². The largest absolute Gasteiger partial charge is 0.465 e. The van der Waals surface area contributed by atoms with Crippen LogP contribution in [0.25, 0.3) is 0 Å². The number of ether oxygens (including phenoxy) is 1. The van der Waals surface area contributed by atoms with Gasteiger partial charge in [0.1, 0.15) is 0 Å². The highest BCUT2D eigenvalue weighted by atomic mass is 16.5. The Balaban J connectivity index is 3.57. The normalized spacial score (nSPS) is 13.0. The first-order chi connectivity index (χ1) is 6.07. The van der Waals surface area contributed by atoms with Crippen LogP contribution < -0.4 is 0 Å². The van der Waals surface area contributed by atoms with Crippen LogP contribution in [0, 0.1) is 11.8 Å². The van der Waals surface area contributed by atoms with Crippen LogP contribution in [0.3, 0.4) is 0 Å². The lowest BCUT2D eigenvalue weighted by Gasteiger charge is -2.12. The van der Waals surface area contributed by atoms with Crippen LogP contribution in [-0.2, 0) is 9.53 Å². The second kappa shape index (κ2) is 6.93. The summed E-state index contributed by atoms with van der Waals surface area (Å²) in [7, 11) is 0. The van der Waals surface area contributed by atoms with Crippen molar-refractivity contribution in [1.29, 1.82) is 0 Å². The Labute approximate surface area is 81.7 Å². The minimum absolute atomic E-state index is 0.0397. The number of rotatable bonds is 6. The van der Waals surface area contributed by atoms with Gasteiger partial charge in [0.2, 0.25) is 0 Å². The molecule has 0 N–H and O–H groups in total. The molecule has 0 aromatic heterocycles. The predicted molar refractivity (Wildman–Crippen MR) is 54.5 cm³/mol. The van der Waals surface area contributed by atoms with E-state index < -0.39 is 0 Å². The lowest BCUT2D eigenvalue weighted by atomic mass is 9.99. The highest BCUT2D eigenvalue weighted by Crippen LogP contribution is 2.12. The van der Waals surface area contributed by atoms with Crippen molar-refractivity contribution >= 4 is 5.97 Å². The van der Waals surface area contributed by atoms with Gasteiger partial charge in [-0.1, -0.05) is 34.1 Å². The van der Waals surface area contributed by atoms with Crippen molar-refractivity contribution in [3.63, 3.8) is 0 Å². The van der Waals surface area contributed by atoms with E-state index in [1.165, 1.54) is 0 Å². The van der Waals surface area contributed by atoms with Crippen LogP contribution in [0.1, 0.15) is 47.0 Å². The molecule has 0 fully saturated rings. The van der Waals surface area contributed by atoms with Crippen molar-refractivity contribution in [3.8, 4) is 0 Å². The standard InChI is InChI=1S/C11H22O2/c1-5-6-7-13-11(12)10(4)8-9(2)3/h9-10H,5-8H2,1-4H3/t10-/m0/s1. The minimum Gasteiger partial charge on any atom is -0.465 e. The van der Waals surface area contributed by atoms with Crippen molar-refractivity contribution < 1.29 is 9.53 Å². The van der Waals surface area contributed by atoms with Crippen LogP contribution in [-0.4, -0.2) is 12.6 Å². The zero-order valence-electron chi connectivity index (χ0n) is 9.30. The maximum absolute atomic E-state index is 11.3. The van der Waals surface area contributed by atoms with E-state index >= 15 is 0 Å². The first kappa shape index (κ1) is 12.5. The molecule has 0 aromatic rings. The summed E-state index contributed by atoms with van der Waals surface area (Å²) in [5, 5.41) is 0. The van der Waals surface area contributed by atoms with Gasteiger partial charge in [-0.15, -0.1) is 0 Å². The number of esters is 1. The predicted octanol–water partition coefficient (Wildman–Crippen LogP) is 3.01. The van der Waals surface area contributed by atoms with E-state index in [9.17, 15) is 4.79 Å². The van der Waals surface area contributed by atoms with E-state index in [1.807, 2.05) is 6.92 Å². The van der Waals surface area contributed by atoms with Gasteiger partial charge in [0.15, 0.2) is 0 Å². The van der Waals surface area contributed by atoms with Crippen LogP contribution in [0.4, 0.5) is 0 Å². The topological polar surface area (TPSA) is 26.3 Å². The summed E-state index contributed by atoms with van der Waals surface area (Å²) in [4.78, 5) is 11.3. The molecule has 0 heterocycles. The fourth-order valence-electron chi connectivity index (χ4n) is 1.26. The number of carbonyl (C=O) groups excluding carboxylic acids is 1. The van der Waals surface area contributed by atoms with Crippen LogP contribution in [0.2, 0.25) is 0 Å². The summed E-state index contributed by atoms with van der Waals surface area (Å²) in [6, 6.07) is 0. The minimum atomic E-state index is -0.0397. The molecule has 0 bridgehead atoms. The van der Waals surface area contributed by atoms with Gasteiger partial charge in [0.05, 0.1) is 12.5 Å². The first-order valence-corrected chi connectivity index (χ1v) is 5.24. The molecule has 13 heavy (non-hydrogen) atoms. The third kappa shape index (κ3) is 6.62. The van der Waals surface area contributed by atoms with E-state index in [4.69, 9.17) is 4.74 Å². The number of carbonyl (C=O) groups is 1. The molecule has 0 unspecified atom stereocenters. The van der Waals surface area contributed by atoms with E-state index in [-0.39, 0.29) is 11.9 Å². The van der Waals surface area contributed by atoms with E-state index in [2.05, 4.69) is 20.8 Å². The van der Waals surface area contributed by atoms with Crippen molar-refractivity contribution in [2.45, 2.75) is 47.0 Å². The Bertz CT molecular complexity index is 141. The lowest BCUT2D eigenvalue weighted by Crippen LogP contribution is -2.17. The van der Waals surface area contributed by atoms with Crippen molar-refractivity contribution in [1.82, 2.24) is 0 Å². The van der Waals surface area contributed by atoms with Gasteiger partial charge in [0, 0.05) is 0 Å². The Kier molecular flexibility index (Phi) is 6.65. The summed E-state index contributed by atoms with van der Waals surface area (Å²) in [5.41, 5.74) is 0. The van der Waals surface area contributed by atoms with Crippen LogP contribution >= 0.6 is 0 Å². The molecule has 1 atom stereocenters. The molecule has 0 aliphatic carbocycles. The molecule has 0 spiro atoms. The Morgan fingerprint density at radius 3 is 2.38 bits per heavy atom. The first-order valence-electron chi connectivity index (χ1n) is 5.24. The van der Waals surface area contributed by atoms with E-state index in [0.29, 0.717) is 12.5 Å². The third-order valence-electron chi connectivity index (χ3n) is 1.97. The van der Waals surface area contributed by atoms with E-state index in [1.54, 1.807) is 0 Å². The second-order valence-electron chi connectivity index (χ2n) is 4.05. The molecule has 0 radical (unpaired) electrons. The summed E-state index contributed by atoms with van der Waals surface area (Å²) >= 11 is 0.